The fraction of sp³-hybridized carbons (Fsp3) is 0.214. The molecule has 0 aliphatic carbocycles. The van der Waals surface area contributed by atoms with Crippen LogP contribution in [0.2, 0.25) is 0 Å². The molecule has 2 aromatic rings. The summed E-state index contributed by atoms with van der Waals surface area (Å²) in [7, 11) is 0. The predicted molar refractivity (Wildman–Crippen MR) is 72.5 cm³/mol. The molecule has 0 amide bonds. The van der Waals surface area contributed by atoms with Crippen molar-refractivity contribution >= 4 is 5.69 Å². The molecule has 0 fully saturated rings. The van der Waals surface area contributed by atoms with Gasteiger partial charge in [-0.2, -0.15) is 8.78 Å². The fourth-order valence-corrected chi connectivity index (χ4v) is 1.80. The van der Waals surface area contributed by atoms with Gasteiger partial charge in [-0.15, -0.1) is 0 Å². The lowest BCUT2D eigenvalue weighted by Crippen LogP contribution is -2.28. The van der Waals surface area contributed by atoms with E-state index in [1.165, 1.54) is 0 Å². The number of hydrogen-bond acceptors (Lipinski definition) is 3. The molecular formula is C14H7F6N3O2. The zero-order valence-corrected chi connectivity index (χ0v) is 11.9. The molecule has 0 radical (unpaired) electrons. The zero-order chi connectivity index (χ0) is 18.8. The number of benzene rings is 1. The van der Waals surface area contributed by atoms with Gasteiger partial charge in [0.05, 0.1) is 12.9 Å². The second-order valence-electron chi connectivity index (χ2n) is 4.61. The van der Waals surface area contributed by atoms with Gasteiger partial charge in [-0.1, -0.05) is 0 Å². The van der Waals surface area contributed by atoms with E-state index in [2.05, 4.69) is 9.83 Å². The Bertz CT molecular complexity index is 876. The average molecular weight is 363 g/mol. The Morgan fingerprint density at radius 3 is 2.44 bits per heavy atom. The molecule has 0 unspecified atom stereocenters. The Labute approximate surface area is 135 Å². The van der Waals surface area contributed by atoms with Crippen LogP contribution in [-0.2, 0) is 5.92 Å². The largest absolute Gasteiger partial charge is 0.451 e. The highest BCUT2D eigenvalue weighted by atomic mass is 19.3. The number of H-pyrrole nitrogens is 1. The summed E-state index contributed by atoms with van der Waals surface area (Å²) >= 11 is 0. The van der Waals surface area contributed by atoms with Crippen LogP contribution in [0.1, 0.15) is 17.7 Å². The van der Waals surface area contributed by atoms with Crippen LogP contribution in [0.3, 0.4) is 0 Å². The molecule has 0 atom stereocenters. The quantitative estimate of drug-likeness (QED) is 0.633. The first kappa shape index (κ1) is 18.3. The van der Waals surface area contributed by atoms with E-state index in [1.54, 1.807) is 0 Å². The minimum atomic E-state index is -4.81. The third-order valence-electron chi connectivity index (χ3n) is 2.91. The molecule has 0 aliphatic rings. The number of aromatic nitrogens is 2. The summed E-state index contributed by atoms with van der Waals surface area (Å²) in [4.78, 5) is 19.5. The van der Waals surface area contributed by atoms with Crippen LogP contribution in [0, 0.1) is 6.57 Å². The van der Waals surface area contributed by atoms with E-state index in [1.807, 2.05) is 4.98 Å². The van der Waals surface area contributed by atoms with Gasteiger partial charge in [-0.05, 0) is 18.2 Å². The molecule has 132 valence electrons. The van der Waals surface area contributed by atoms with Gasteiger partial charge in [-0.25, -0.2) is 27.4 Å². The standard InChI is InChI=1S/C14H7F6N3O2/c1-21-7-2-6(11(15)16)3-8(4-7)25-9-10(14(19,20)13(17)18)22-5-23-12(9)24/h2-5,11,13H,(H,22,23,24). The van der Waals surface area contributed by atoms with Gasteiger partial charge in [0.2, 0.25) is 5.75 Å². The monoisotopic (exact) mass is 363 g/mol. The number of hydrogen-bond donors (Lipinski definition) is 1. The number of aromatic amines is 1. The number of alkyl halides is 6. The van der Waals surface area contributed by atoms with Crippen LogP contribution < -0.4 is 10.3 Å². The van der Waals surface area contributed by atoms with E-state index in [-0.39, 0.29) is 5.69 Å². The maximum Gasteiger partial charge on any atom is 0.352 e. The number of rotatable bonds is 5. The molecule has 0 saturated carbocycles. The summed E-state index contributed by atoms with van der Waals surface area (Å²) in [6.45, 7) is 6.82. The molecule has 0 bridgehead atoms. The van der Waals surface area contributed by atoms with Crippen molar-refractivity contribution < 1.29 is 31.1 Å². The Morgan fingerprint density at radius 2 is 1.88 bits per heavy atom. The predicted octanol–water partition coefficient (Wildman–Crippen LogP) is 4.41. The third-order valence-corrected chi connectivity index (χ3v) is 2.91. The van der Waals surface area contributed by atoms with Gasteiger partial charge in [-0.3, -0.25) is 4.79 Å². The van der Waals surface area contributed by atoms with Crippen molar-refractivity contribution in [2.24, 2.45) is 0 Å². The highest BCUT2D eigenvalue weighted by Crippen LogP contribution is 2.39. The van der Waals surface area contributed by atoms with Gasteiger partial charge in [0.15, 0.2) is 11.4 Å². The molecule has 1 aromatic carbocycles. The van der Waals surface area contributed by atoms with E-state index < -0.39 is 47.1 Å². The van der Waals surface area contributed by atoms with E-state index in [4.69, 9.17) is 11.3 Å². The molecular weight excluding hydrogens is 356 g/mol. The summed E-state index contributed by atoms with van der Waals surface area (Å²) in [5, 5.41) is 0. The second-order valence-corrected chi connectivity index (χ2v) is 4.61. The van der Waals surface area contributed by atoms with Crippen molar-refractivity contribution in [1.82, 2.24) is 9.97 Å². The molecule has 1 aromatic heterocycles. The number of halogens is 6. The van der Waals surface area contributed by atoms with Crippen molar-refractivity contribution in [3.8, 4) is 11.5 Å². The molecule has 1 heterocycles. The normalized spacial score (nSPS) is 11.6. The lowest BCUT2D eigenvalue weighted by atomic mass is 10.2. The summed E-state index contributed by atoms with van der Waals surface area (Å²) < 4.78 is 82.6. The first-order valence-electron chi connectivity index (χ1n) is 6.39. The van der Waals surface area contributed by atoms with E-state index in [0.717, 1.165) is 12.1 Å². The average Bonchev–Trinajstić information content (AvgIpc) is 2.55. The topological polar surface area (TPSA) is 59.3 Å². The SMILES string of the molecule is [C-]#[N+]c1cc(Oc2c(C(F)(F)C(F)F)nc[nH]c2=O)cc(C(F)F)c1. The number of nitrogens with zero attached hydrogens (tertiary/aromatic N) is 2. The Balaban J connectivity index is 2.57. The maximum absolute atomic E-state index is 13.6. The minimum absolute atomic E-state index is 0.324. The zero-order valence-electron chi connectivity index (χ0n) is 11.9. The Kier molecular flexibility index (Phi) is 5.01. The molecule has 25 heavy (non-hydrogen) atoms. The van der Waals surface area contributed by atoms with E-state index >= 15 is 0 Å². The molecule has 0 aliphatic heterocycles. The molecule has 5 nitrogen and oxygen atoms in total. The number of nitrogens with one attached hydrogen (secondary N) is 1. The molecule has 0 saturated heterocycles. The fourth-order valence-electron chi connectivity index (χ4n) is 1.80. The summed E-state index contributed by atoms with van der Waals surface area (Å²) in [6.07, 6.45) is -6.73. The van der Waals surface area contributed by atoms with Crippen molar-refractivity contribution in [2.45, 2.75) is 18.8 Å². The first-order valence-corrected chi connectivity index (χ1v) is 6.39. The van der Waals surface area contributed by atoms with Gasteiger partial charge < -0.3 is 9.72 Å². The lowest BCUT2D eigenvalue weighted by Gasteiger charge is -2.17. The van der Waals surface area contributed by atoms with E-state index in [9.17, 15) is 31.1 Å². The lowest BCUT2D eigenvalue weighted by molar-refractivity contribution is -0.139. The summed E-state index contributed by atoms with van der Waals surface area (Å²) in [6, 6.07) is 2.40. The Hall–Kier alpha value is -3.03. The van der Waals surface area contributed by atoms with Gasteiger partial charge in [0, 0.05) is 5.56 Å². The van der Waals surface area contributed by atoms with Crippen molar-refractivity contribution in [1.29, 1.82) is 0 Å². The highest BCUT2D eigenvalue weighted by molar-refractivity contribution is 5.53. The third kappa shape index (κ3) is 3.73. The highest BCUT2D eigenvalue weighted by Gasteiger charge is 2.47. The summed E-state index contributed by atoms with van der Waals surface area (Å²) in [5.41, 5.74) is -3.98. The van der Waals surface area contributed by atoms with Crippen molar-refractivity contribution in [2.75, 3.05) is 0 Å². The first-order chi connectivity index (χ1) is 11.7. The minimum Gasteiger partial charge on any atom is -0.451 e. The van der Waals surface area contributed by atoms with Crippen LogP contribution in [0.25, 0.3) is 4.85 Å². The van der Waals surface area contributed by atoms with Crippen LogP contribution in [0.4, 0.5) is 32.0 Å². The molecule has 1 N–H and O–H groups in total. The molecule has 2 rings (SSSR count). The second kappa shape index (κ2) is 6.84. The van der Waals surface area contributed by atoms with E-state index in [0.29, 0.717) is 12.4 Å². The van der Waals surface area contributed by atoms with Gasteiger partial charge in [0.25, 0.3) is 12.0 Å². The van der Waals surface area contributed by atoms with Crippen LogP contribution in [0.5, 0.6) is 11.5 Å². The van der Waals surface area contributed by atoms with Crippen LogP contribution >= 0.6 is 0 Å². The smallest absolute Gasteiger partial charge is 0.352 e. The van der Waals surface area contributed by atoms with Gasteiger partial charge in [0.1, 0.15) is 5.75 Å². The van der Waals surface area contributed by atoms with Crippen LogP contribution in [0.15, 0.2) is 29.3 Å². The number of ether oxygens (including phenoxy) is 1. The van der Waals surface area contributed by atoms with Crippen molar-refractivity contribution in [3.05, 3.63) is 57.6 Å². The molecule has 11 heteroatoms. The Morgan fingerprint density at radius 1 is 1.20 bits per heavy atom. The van der Waals surface area contributed by atoms with Crippen LogP contribution in [-0.4, -0.2) is 16.4 Å². The van der Waals surface area contributed by atoms with Gasteiger partial charge >= 0.3 is 12.3 Å². The maximum atomic E-state index is 13.6. The van der Waals surface area contributed by atoms with Crippen molar-refractivity contribution in [3.63, 3.8) is 0 Å². The molecule has 0 spiro atoms. The summed E-state index contributed by atoms with van der Waals surface area (Å²) in [5.74, 6) is -6.67.